The number of anilines is 1. The minimum atomic E-state index is 0.554. The third-order valence-electron chi connectivity index (χ3n) is 2.93. The molecule has 1 atom stereocenters. The summed E-state index contributed by atoms with van der Waals surface area (Å²) in [7, 11) is 0. The topological polar surface area (TPSA) is 65.4 Å². The highest BCUT2D eigenvalue weighted by Crippen LogP contribution is 2.17. The average Bonchev–Trinajstić information content (AvgIpc) is 2.88. The molecule has 3 heterocycles. The number of aromatic nitrogens is 3. The molecule has 84 valence electrons. The molecule has 1 unspecified atom stereocenters. The number of hydrogen-bond donors (Lipinski definition) is 1. The van der Waals surface area contributed by atoms with E-state index in [1.807, 2.05) is 18.2 Å². The lowest BCUT2D eigenvalue weighted by molar-refractivity contribution is 0.185. The summed E-state index contributed by atoms with van der Waals surface area (Å²) >= 11 is 0. The van der Waals surface area contributed by atoms with Crippen molar-refractivity contribution in [2.75, 3.05) is 18.9 Å². The van der Waals surface area contributed by atoms with Crippen LogP contribution in [0.2, 0.25) is 0 Å². The summed E-state index contributed by atoms with van der Waals surface area (Å²) in [6, 6.07) is 5.63. The Balaban J connectivity index is 1.90. The van der Waals surface area contributed by atoms with Gasteiger partial charge in [-0.1, -0.05) is 6.07 Å². The van der Waals surface area contributed by atoms with Crippen molar-refractivity contribution in [2.24, 2.45) is 5.92 Å². The summed E-state index contributed by atoms with van der Waals surface area (Å²) in [6.07, 6.45) is 1.98. The quantitative estimate of drug-likeness (QED) is 0.813. The van der Waals surface area contributed by atoms with Gasteiger partial charge in [-0.05, 0) is 24.5 Å². The van der Waals surface area contributed by atoms with Crippen LogP contribution in [0.5, 0.6) is 0 Å². The number of hydrogen-bond acceptors (Lipinski definition) is 4. The van der Waals surface area contributed by atoms with Gasteiger partial charge < -0.3 is 10.5 Å². The van der Waals surface area contributed by atoms with Gasteiger partial charge in [0.25, 0.3) is 0 Å². The molecule has 5 heteroatoms. The first kappa shape index (κ1) is 9.59. The van der Waals surface area contributed by atoms with E-state index in [0.717, 1.165) is 37.5 Å². The lowest BCUT2D eigenvalue weighted by atomic mass is 10.1. The number of nitrogen functional groups attached to an aromatic ring is 1. The molecule has 0 radical (unpaired) electrons. The van der Waals surface area contributed by atoms with Crippen LogP contribution in [0.25, 0.3) is 5.65 Å². The zero-order valence-corrected chi connectivity index (χ0v) is 8.97. The summed E-state index contributed by atoms with van der Waals surface area (Å²) in [5, 5.41) is 4.40. The number of fused-ring (bicyclic) bond motifs is 1. The Morgan fingerprint density at radius 3 is 3.19 bits per heavy atom. The smallest absolute Gasteiger partial charge is 0.157 e. The second-order valence-corrected chi connectivity index (χ2v) is 4.18. The first-order valence-corrected chi connectivity index (χ1v) is 5.51. The fourth-order valence-corrected chi connectivity index (χ4v) is 2.06. The van der Waals surface area contributed by atoms with Crippen molar-refractivity contribution in [1.29, 1.82) is 0 Å². The second kappa shape index (κ2) is 3.75. The van der Waals surface area contributed by atoms with Gasteiger partial charge in [0, 0.05) is 19.6 Å². The van der Waals surface area contributed by atoms with Crippen molar-refractivity contribution in [2.45, 2.75) is 12.8 Å². The molecule has 1 saturated heterocycles. The van der Waals surface area contributed by atoms with E-state index in [0.29, 0.717) is 11.7 Å². The lowest BCUT2D eigenvalue weighted by Gasteiger charge is -2.01. The highest BCUT2D eigenvalue weighted by molar-refractivity contribution is 5.45. The number of nitrogens with zero attached hydrogens (tertiary/aromatic N) is 3. The van der Waals surface area contributed by atoms with E-state index < -0.39 is 0 Å². The number of pyridine rings is 1. The van der Waals surface area contributed by atoms with Crippen LogP contribution < -0.4 is 5.73 Å². The van der Waals surface area contributed by atoms with E-state index in [1.165, 1.54) is 0 Å². The van der Waals surface area contributed by atoms with Crippen LogP contribution in [0.1, 0.15) is 12.2 Å². The van der Waals surface area contributed by atoms with Gasteiger partial charge in [0.15, 0.2) is 11.5 Å². The molecule has 0 bridgehead atoms. The monoisotopic (exact) mass is 218 g/mol. The van der Waals surface area contributed by atoms with Crippen LogP contribution in [0.3, 0.4) is 0 Å². The van der Waals surface area contributed by atoms with Crippen LogP contribution in [0, 0.1) is 5.92 Å². The van der Waals surface area contributed by atoms with Crippen molar-refractivity contribution < 1.29 is 4.74 Å². The maximum absolute atomic E-state index is 5.81. The third kappa shape index (κ3) is 1.63. The van der Waals surface area contributed by atoms with Crippen LogP contribution in [0.4, 0.5) is 5.82 Å². The molecule has 2 aromatic heterocycles. The van der Waals surface area contributed by atoms with Gasteiger partial charge in [0.05, 0.1) is 0 Å². The highest BCUT2D eigenvalue weighted by atomic mass is 16.5. The average molecular weight is 218 g/mol. The Labute approximate surface area is 93.2 Å². The van der Waals surface area contributed by atoms with Crippen LogP contribution in [-0.2, 0) is 11.2 Å². The van der Waals surface area contributed by atoms with E-state index in [1.54, 1.807) is 4.52 Å². The molecule has 16 heavy (non-hydrogen) atoms. The molecular weight excluding hydrogens is 204 g/mol. The summed E-state index contributed by atoms with van der Waals surface area (Å²) < 4.78 is 7.03. The molecule has 0 spiro atoms. The Hall–Kier alpha value is -1.62. The highest BCUT2D eigenvalue weighted by Gasteiger charge is 2.18. The molecule has 0 saturated carbocycles. The van der Waals surface area contributed by atoms with Gasteiger partial charge in [-0.3, -0.25) is 0 Å². The molecule has 1 aliphatic heterocycles. The first-order chi connectivity index (χ1) is 7.83. The fourth-order valence-electron chi connectivity index (χ4n) is 2.06. The Kier molecular flexibility index (Phi) is 2.25. The van der Waals surface area contributed by atoms with Gasteiger partial charge in [-0.15, -0.1) is 5.10 Å². The van der Waals surface area contributed by atoms with E-state index in [2.05, 4.69) is 10.1 Å². The molecule has 0 aliphatic carbocycles. The molecule has 2 N–H and O–H groups in total. The zero-order chi connectivity index (χ0) is 11.0. The zero-order valence-electron chi connectivity index (χ0n) is 8.97. The summed E-state index contributed by atoms with van der Waals surface area (Å²) in [5.41, 5.74) is 6.63. The first-order valence-electron chi connectivity index (χ1n) is 5.51. The fraction of sp³-hybridized carbons (Fsp3) is 0.455. The number of ether oxygens (including phenoxy) is 1. The van der Waals surface area contributed by atoms with E-state index >= 15 is 0 Å². The van der Waals surface area contributed by atoms with E-state index in [9.17, 15) is 0 Å². The van der Waals surface area contributed by atoms with Gasteiger partial charge >= 0.3 is 0 Å². The van der Waals surface area contributed by atoms with E-state index in [4.69, 9.17) is 10.5 Å². The largest absolute Gasteiger partial charge is 0.384 e. The molecule has 0 amide bonds. The molecule has 1 fully saturated rings. The molecule has 3 rings (SSSR count). The maximum Gasteiger partial charge on any atom is 0.157 e. The number of rotatable bonds is 2. The predicted molar refractivity (Wildman–Crippen MR) is 60.0 cm³/mol. The lowest BCUT2D eigenvalue weighted by Crippen LogP contribution is -2.05. The molecule has 2 aromatic rings. The van der Waals surface area contributed by atoms with Crippen molar-refractivity contribution in [3.8, 4) is 0 Å². The van der Waals surface area contributed by atoms with Crippen molar-refractivity contribution in [3.63, 3.8) is 0 Å². The Bertz CT molecular complexity index is 502. The second-order valence-electron chi connectivity index (χ2n) is 4.18. The van der Waals surface area contributed by atoms with Crippen molar-refractivity contribution >= 4 is 11.5 Å². The van der Waals surface area contributed by atoms with Crippen LogP contribution in [-0.4, -0.2) is 27.8 Å². The Morgan fingerprint density at radius 1 is 1.50 bits per heavy atom. The van der Waals surface area contributed by atoms with Crippen LogP contribution in [0.15, 0.2) is 18.2 Å². The maximum atomic E-state index is 5.81. The SMILES string of the molecule is Nc1cccc2nc(CC3CCOC3)nn12. The van der Waals surface area contributed by atoms with E-state index in [-0.39, 0.29) is 0 Å². The third-order valence-corrected chi connectivity index (χ3v) is 2.93. The summed E-state index contributed by atoms with van der Waals surface area (Å²) in [5.74, 6) is 2.03. The minimum absolute atomic E-state index is 0.554. The normalized spacial score (nSPS) is 20.6. The minimum Gasteiger partial charge on any atom is -0.384 e. The van der Waals surface area contributed by atoms with Crippen molar-refractivity contribution in [3.05, 3.63) is 24.0 Å². The molecule has 5 nitrogen and oxygen atoms in total. The molecule has 0 aromatic carbocycles. The predicted octanol–water partition coefficient (Wildman–Crippen LogP) is 0.890. The standard InChI is InChI=1S/C11H14N4O/c12-9-2-1-3-11-13-10(14-15(9)11)6-8-4-5-16-7-8/h1-3,8H,4-7,12H2. The van der Waals surface area contributed by atoms with Gasteiger partial charge in [0.2, 0.25) is 0 Å². The molecular formula is C11H14N4O. The van der Waals surface area contributed by atoms with Gasteiger partial charge in [-0.2, -0.15) is 4.52 Å². The van der Waals surface area contributed by atoms with Crippen molar-refractivity contribution in [1.82, 2.24) is 14.6 Å². The summed E-state index contributed by atoms with van der Waals surface area (Å²) in [4.78, 5) is 4.45. The Morgan fingerprint density at radius 2 is 2.44 bits per heavy atom. The molecule has 1 aliphatic rings. The number of nitrogens with two attached hydrogens (primary N) is 1. The summed E-state index contributed by atoms with van der Waals surface area (Å²) in [6.45, 7) is 1.69. The van der Waals surface area contributed by atoms with Gasteiger partial charge in [0.1, 0.15) is 5.82 Å². The van der Waals surface area contributed by atoms with Gasteiger partial charge in [-0.25, -0.2) is 4.98 Å². The van der Waals surface area contributed by atoms with Crippen LogP contribution >= 0.6 is 0 Å².